The molecule has 0 bridgehead atoms. The summed E-state index contributed by atoms with van der Waals surface area (Å²) in [7, 11) is 1.76. The summed E-state index contributed by atoms with van der Waals surface area (Å²) in [6, 6.07) is 9.49. The van der Waals surface area contributed by atoms with Gasteiger partial charge in [0.05, 0.1) is 6.54 Å². The Balaban J connectivity index is 1.76. The van der Waals surface area contributed by atoms with E-state index < -0.39 is 6.09 Å². The van der Waals surface area contributed by atoms with Crippen molar-refractivity contribution < 1.29 is 9.53 Å². The van der Waals surface area contributed by atoms with Crippen LogP contribution in [0, 0.1) is 0 Å². The third-order valence-electron chi connectivity index (χ3n) is 2.36. The lowest BCUT2D eigenvalue weighted by atomic mass is 10.2. The first-order valence-electron chi connectivity index (χ1n) is 5.65. The number of halogens is 1. The van der Waals surface area contributed by atoms with Crippen molar-refractivity contribution in [3.8, 4) is 0 Å². The zero-order valence-corrected chi connectivity index (χ0v) is 11.9. The minimum absolute atomic E-state index is 0.229. The minimum Gasteiger partial charge on any atom is -0.445 e. The first kappa shape index (κ1) is 13.5. The van der Waals surface area contributed by atoms with Crippen LogP contribution in [0.5, 0.6) is 0 Å². The van der Waals surface area contributed by atoms with Crippen LogP contribution < -0.4 is 5.32 Å². The van der Waals surface area contributed by atoms with Crippen molar-refractivity contribution in [2.75, 3.05) is 0 Å². The Bertz CT molecular complexity index is 537. The molecule has 1 amide bonds. The molecule has 0 spiro atoms. The normalized spacial score (nSPS) is 10.2. The first-order chi connectivity index (χ1) is 9.15. The number of nitrogens with one attached hydrogen (secondary N) is 1. The number of aryl methyl sites for hydroxylation is 1. The van der Waals surface area contributed by atoms with Gasteiger partial charge in [-0.2, -0.15) is 5.10 Å². The van der Waals surface area contributed by atoms with Gasteiger partial charge in [-0.05, 0) is 21.5 Å². The number of benzene rings is 1. The van der Waals surface area contributed by atoms with Crippen LogP contribution in [0.4, 0.5) is 4.79 Å². The molecule has 7 heteroatoms. The zero-order chi connectivity index (χ0) is 13.7. The Morgan fingerprint density at radius 1 is 1.42 bits per heavy atom. The fourth-order valence-electron chi connectivity index (χ4n) is 1.42. The molecule has 0 aliphatic rings. The molecular formula is C12H13BrN4O2. The summed E-state index contributed by atoms with van der Waals surface area (Å²) in [6.45, 7) is 0.471. The second-order valence-corrected chi connectivity index (χ2v) is 4.55. The fourth-order valence-corrected chi connectivity index (χ4v) is 1.70. The van der Waals surface area contributed by atoms with Gasteiger partial charge in [-0.1, -0.05) is 30.3 Å². The quantitative estimate of drug-likeness (QED) is 0.934. The number of carbonyl (C=O) groups is 1. The molecule has 0 radical (unpaired) electrons. The summed E-state index contributed by atoms with van der Waals surface area (Å²) in [5.74, 6) is 0.519. The lowest BCUT2D eigenvalue weighted by Crippen LogP contribution is -2.24. The third-order valence-corrected chi connectivity index (χ3v) is 3.05. The standard InChI is InChI=1S/C12H13BrN4O2/c1-17-11(13)15-10(16-17)7-14-12(18)19-8-9-5-3-2-4-6-9/h2-6H,7-8H2,1H3,(H,14,18). The van der Waals surface area contributed by atoms with Crippen molar-refractivity contribution in [2.24, 2.45) is 7.05 Å². The number of carbonyl (C=O) groups excluding carboxylic acids is 1. The number of nitrogens with zero attached hydrogens (tertiary/aromatic N) is 3. The van der Waals surface area contributed by atoms with Crippen LogP contribution in [0.25, 0.3) is 0 Å². The Hall–Kier alpha value is -1.89. The van der Waals surface area contributed by atoms with Crippen LogP contribution in [0.2, 0.25) is 0 Å². The molecule has 0 aliphatic heterocycles. The Labute approximate surface area is 118 Å². The zero-order valence-electron chi connectivity index (χ0n) is 10.3. The molecule has 0 fully saturated rings. The molecule has 2 rings (SSSR count). The van der Waals surface area contributed by atoms with Gasteiger partial charge in [0.1, 0.15) is 6.61 Å². The Morgan fingerprint density at radius 3 is 2.79 bits per heavy atom. The van der Waals surface area contributed by atoms with E-state index in [-0.39, 0.29) is 13.2 Å². The molecule has 2 aromatic rings. The first-order valence-corrected chi connectivity index (χ1v) is 6.44. The van der Waals surface area contributed by atoms with Gasteiger partial charge in [-0.15, -0.1) is 0 Å². The predicted molar refractivity (Wildman–Crippen MR) is 72.2 cm³/mol. The minimum atomic E-state index is -0.493. The average Bonchev–Trinajstić information content (AvgIpc) is 2.74. The van der Waals surface area contributed by atoms with Crippen LogP contribution in [0.3, 0.4) is 0 Å². The van der Waals surface area contributed by atoms with Gasteiger partial charge in [0.2, 0.25) is 0 Å². The van der Waals surface area contributed by atoms with E-state index in [4.69, 9.17) is 4.74 Å². The summed E-state index contributed by atoms with van der Waals surface area (Å²) in [4.78, 5) is 15.6. The molecule has 1 aromatic carbocycles. The molecule has 1 heterocycles. The highest BCUT2D eigenvalue weighted by Crippen LogP contribution is 2.04. The van der Waals surface area contributed by atoms with Gasteiger partial charge in [-0.3, -0.25) is 0 Å². The molecule has 100 valence electrons. The highest BCUT2D eigenvalue weighted by Gasteiger charge is 2.07. The van der Waals surface area contributed by atoms with Crippen molar-refractivity contribution in [1.29, 1.82) is 0 Å². The van der Waals surface area contributed by atoms with Crippen LogP contribution >= 0.6 is 15.9 Å². The molecule has 19 heavy (non-hydrogen) atoms. The van der Waals surface area contributed by atoms with Gasteiger partial charge in [-0.25, -0.2) is 14.5 Å². The van der Waals surface area contributed by atoms with E-state index in [1.807, 2.05) is 30.3 Å². The number of amides is 1. The van der Waals surface area contributed by atoms with E-state index in [1.54, 1.807) is 11.7 Å². The molecule has 0 atom stereocenters. The molecule has 1 aromatic heterocycles. The van der Waals surface area contributed by atoms with E-state index in [9.17, 15) is 4.79 Å². The smallest absolute Gasteiger partial charge is 0.407 e. The van der Waals surface area contributed by atoms with Gasteiger partial charge in [0.25, 0.3) is 0 Å². The van der Waals surface area contributed by atoms with E-state index in [0.29, 0.717) is 10.6 Å². The van der Waals surface area contributed by atoms with Crippen molar-refractivity contribution in [3.05, 3.63) is 46.5 Å². The second kappa shape index (κ2) is 6.33. The van der Waals surface area contributed by atoms with Gasteiger partial charge < -0.3 is 10.1 Å². The molecule has 0 unspecified atom stereocenters. The summed E-state index contributed by atoms with van der Waals surface area (Å²) < 4.78 is 7.25. The van der Waals surface area contributed by atoms with E-state index in [2.05, 4.69) is 31.3 Å². The summed E-state index contributed by atoms with van der Waals surface area (Å²) >= 11 is 3.23. The molecule has 0 saturated carbocycles. The highest BCUT2D eigenvalue weighted by atomic mass is 79.9. The number of hydrogen-bond acceptors (Lipinski definition) is 4. The monoisotopic (exact) mass is 324 g/mol. The van der Waals surface area contributed by atoms with Crippen LogP contribution in [-0.2, 0) is 24.9 Å². The van der Waals surface area contributed by atoms with Crippen molar-refractivity contribution in [2.45, 2.75) is 13.2 Å². The van der Waals surface area contributed by atoms with Gasteiger partial charge in [0, 0.05) is 7.05 Å². The number of alkyl carbamates (subject to hydrolysis) is 1. The molecule has 6 nitrogen and oxygen atoms in total. The van der Waals surface area contributed by atoms with E-state index in [0.717, 1.165) is 5.56 Å². The maximum Gasteiger partial charge on any atom is 0.407 e. The largest absolute Gasteiger partial charge is 0.445 e. The summed E-state index contributed by atoms with van der Waals surface area (Å²) in [5.41, 5.74) is 0.941. The van der Waals surface area contributed by atoms with Crippen molar-refractivity contribution in [1.82, 2.24) is 20.1 Å². The lowest BCUT2D eigenvalue weighted by Gasteiger charge is -2.05. The highest BCUT2D eigenvalue weighted by molar-refractivity contribution is 9.10. The second-order valence-electron chi connectivity index (χ2n) is 3.84. The predicted octanol–water partition coefficient (Wildman–Crippen LogP) is 2.00. The molecule has 0 saturated heterocycles. The van der Waals surface area contributed by atoms with E-state index in [1.165, 1.54) is 0 Å². The van der Waals surface area contributed by atoms with Crippen LogP contribution in [0.1, 0.15) is 11.4 Å². The molecule has 1 N–H and O–H groups in total. The van der Waals surface area contributed by atoms with Gasteiger partial charge >= 0.3 is 6.09 Å². The maximum absolute atomic E-state index is 11.5. The van der Waals surface area contributed by atoms with Crippen molar-refractivity contribution >= 4 is 22.0 Å². The number of rotatable bonds is 4. The lowest BCUT2D eigenvalue weighted by molar-refractivity contribution is 0.139. The number of hydrogen-bond donors (Lipinski definition) is 1. The van der Waals surface area contributed by atoms with Crippen LogP contribution in [0.15, 0.2) is 35.1 Å². The number of aromatic nitrogens is 3. The number of ether oxygens (including phenoxy) is 1. The Kier molecular flexibility index (Phi) is 4.51. The van der Waals surface area contributed by atoms with E-state index >= 15 is 0 Å². The average molecular weight is 325 g/mol. The summed E-state index contributed by atoms with van der Waals surface area (Å²) in [6.07, 6.45) is -0.493. The summed E-state index contributed by atoms with van der Waals surface area (Å²) in [5, 5.41) is 6.68. The Morgan fingerprint density at radius 2 is 2.16 bits per heavy atom. The SMILES string of the molecule is Cn1nc(CNC(=O)OCc2ccccc2)nc1Br. The molecular weight excluding hydrogens is 312 g/mol. The van der Waals surface area contributed by atoms with Crippen LogP contribution in [-0.4, -0.2) is 20.9 Å². The fraction of sp³-hybridized carbons (Fsp3) is 0.250. The molecule has 0 aliphatic carbocycles. The van der Waals surface area contributed by atoms with Gasteiger partial charge in [0.15, 0.2) is 10.6 Å². The third kappa shape index (κ3) is 4.06. The maximum atomic E-state index is 11.5. The van der Waals surface area contributed by atoms with Crippen molar-refractivity contribution in [3.63, 3.8) is 0 Å². The topological polar surface area (TPSA) is 69.0 Å².